The zero-order valence-electron chi connectivity index (χ0n) is 12.7. The smallest absolute Gasteiger partial charge is 0.306 e. The van der Waals surface area contributed by atoms with E-state index in [1.54, 1.807) is 0 Å². The van der Waals surface area contributed by atoms with Crippen LogP contribution in [0.4, 0.5) is 0 Å². The van der Waals surface area contributed by atoms with Crippen LogP contribution in [0.1, 0.15) is 17.5 Å². The second-order valence-electron chi connectivity index (χ2n) is 5.43. The Labute approximate surface area is 130 Å². The van der Waals surface area contributed by atoms with Gasteiger partial charge in [-0.25, -0.2) is 0 Å². The minimum atomic E-state index is -0.156. The van der Waals surface area contributed by atoms with Crippen LogP contribution in [0, 0.1) is 0 Å². The quantitative estimate of drug-likeness (QED) is 0.669. The number of hydrogen-bond donors (Lipinski definition) is 0. The first-order valence-electron chi connectivity index (χ1n) is 7.46. The van der Waals surface area contributed by atoms with E-state index in [0.29, 0.717) is 19.4 Å². The van der Waals surface area contributed by atoms with Crippen LogP contribution in [0.2, 0.25) is 0 Å². The van der Waals surface area contributed by atoms with E-state index in [4.69, 9.17) is 4.74 Å². The van der Waals surface area contributed by atoms with Gasteiger partial charge in [0.25, 0.3) is 0 Å². The molecule has 0 aliphatic carbocycles. The van der Waals surface area contributed by atoms with Crippen molar-refractivity contribution in [2.75, 3.05) is 0 Å². The summed E-state index contributed by atoms with van der Waals surface area (Å²) < 4.78 is 7.42. The van der Waals surface area contributed by atoms with Gasteiger partial charge in [-0.15, -0.1) is 0 Å². The molecule has 112 valence electrons. The molecule has 0 spiro atoms. The summed E-state index contributed by atoms with van der Waals surface area (Å²) in [4.78, 5) is 11.9. The van der Waals surface area contributed by atoms with Crippen LogP contribution < -0.4 is 0 Å². The predicted molar refractivity (Wildman–Crippen MR) is 87.5 cm³/mol. The highest BCUT2D eigenvalue weighted by molar-refractivity contribution is 5.84. The lowest BCUT2D eigenvalue weighted by atomic mass is 10.1. The van der Waals surface area contributed by atoms with Crippen molar-refractivity contribution in [2.45, 2.75) is 19.4 Å². The Balaban J connectivity index is 1.58. The zero-order valence-corrected chi connectivity index (χ0v) is 12.7. The summed E-state index contributed by atoms with van der Waals surface area (Å²) in [5.41, 5.74) is 3.39. The number of nitrogens with zero attached hydrogens (tertiary/aromatic N) is 1. The summed E-state index contributed by atoms with van der Waals surface area (Å²) in [5, 5.41) is 1.21. The number of benzene rings is 2. The molecule has 2 aromatic carbocycles. The van der Waals surface area contributed by atoms with Gasteiger partial charge in [-0.05, 0) is 23.6 Å². The van der Waals surface area contributed by atoms with E-state index < -0.39 is 0 Å². The van der Waals surface area contributed by atoms with Gasteiger partial charge in [-0.3, -0.25) is 4.79 Å². The van der Waals surface area contributed by atoms with Gasteiger partial charge in [-0.2, -0.15) is 0 Å². The molecule has 0 atom stereocenters. The monoisotopic (exact) mass is 293 g/mol. The van der Waals surface area contributed by atoms with E-state index in [9.17, 15) is 4.79 Å². The molecule has 0 N–H and O–H groups in total. The van der Waals surface area contributed by atoms with Gasteiger partial charge in [-0.1, -0.05) is 48.5 Å². The number of aryl methyl sites for hydroxylation is 2. The van der Waals surface area contributed by atoms with Crippen molar-refractivity contribution < 1.29 is 9.53 Å². The molecule has 0 saturated carbocycles. The van der Waals surface area contributed by atoms with Crippen LogP contribution in [0.25, 0.3) is 10.9 Å². The molecule has 0 saturated heterocycles. The molecular weight excluding hydrogens is 274 g/mol. The molecule has 22 heavy (non-hydrogen) atoms. The summed E-state index contributed by atoms with van der Waals surface area (Å²) in [6, 6.07) is 18.0. The lowest BCUT2D eigenvalue weighted by Crippen LogP contribution is -2.05. The maximum Gasteiger partial charge on any atom is 0.306 e. The summed E-state index contributed by atoms with van der Waals surface area (Å²) in [6.07, 6.45) is 3.20. The van der Waals surface area contributed by atoms with Gasteiger partial charge in [0.05, 0.1) is 0 Å². The second-order valence-corrected chi connectivity index (χ2v) is 5.43. The summed E-state index contributed by atoms with van der Waals surface area (Å²) in [7, 11) is 2.03. The molecule has 3 rings (SSSR count). The van der Waals surface area contributed by atoms with Crippen LogP contribution in [0.15, 0.2) is 60.8 Å². The summed E-state index contributed by atoms with van der Waals surface area (Å²) in [6.45, 7) is 0.342. The maximum absolute atomic E-state index is 11.9. The van der Waals surface area contributed by atoms with E-state index in [-0.39, 0.29) is 5.97 Å². The highest BCUT2D eigenvalue weighted by Gasteiger charge is 2.09. The Bertz CT molecular complexity index is 774. The van der Waals surface area contributed by atoms with Crippen molar-refractivity contribution in [2.24, 2.45) is 7.05 Å². The van der Waals surface area contributed by atoms with Crippen LogP contribution in [-0.4, -0.2) is 10.5 Å². The number of esters is 1. The van der Waals surface area contributed by atoms with Gasteiger partial charge in [0.15, 0.2) is 0 Å². The number of hydrogen-bond acceptors (Lipinski definition) is 2. The minimum Gasteiger partial charge on any atom is -0.461 e. The second kappa shape index (κ2) is 6.48. The normalized spacial score (nSPS) is 10.8. The third kappa shape index (κ3) is 3.19. The predicted octanol–water partition coefficient (Wildman–Crippen LogP) is 3.85. The third-order valence-corrected chi connectivity index (χ3v) is 3.82. The Morgan fingerprint density at radius 1 is 1.05 bits per heavy atom. The maximum atomic E-state index is 11.9. The fourth-order valence-electron chi connectivity index (χ4n) is 2.67. The van der Waals surface area contributed by atoms with E-state index in [1.807, 2.05) is 49.5 Å². The van der Waals surface area contributed by atoms with Gasteiger partial charge < -0.3 is 9.30 Å². The Kier molecular flexibility index (Phi) is 4.24. The number of aromatic nitrogens is 1. The summed E-state index contributed by atoms with van der Waals surface area (Å²) >= 11 is 0. The van der Waals surface area contributed by atoms with E-state index in [0.717, 1.165) is 5.56 Å². The Hall–Kier alpha value is -2.55. The topological polar surface area (TPSA) is 31.2 Å². The van der Waals surface area contributed by atoms with Crippen molar-refractivity contribution in [3.8, 4) is 0 Å². The molecule has 0 aliphatic rings. The first-order chi connectivity index (χ1) is 10.7. The van der Waals surface area contributed by atoms with Gasteiger partial charge in [0.1, 0.15) is 6.61 Å². The van der Waals surface area contributed by atoms with Crippen LogP contribution >= 0.6 is 0 Å². The lowest BCUT2D eigenvalue weighted by molar-refractivity contribution is -0.144. The van der Waals surface area contributed by atoms with E-state index in [1.165, 1.54) is 16.5 Å². The fraction of sp³-hybridized carbons (Fsp3) is 0.211. The molecule has 3 nitrogen and oxygen atoms in total. The van der Waals surface area contributed by atoms with Crippen LogP contribution in [0.3, 0.4) is 0 Å². The highest BCUT2D eigenvalue weighted by atomic mass is 16.5. The molecular formula is C19H19NO2. The molecule has 3 heteroatoms. The molecule has 0 fully saturated rings. The van der Waals surface area contributed by atoms with Crippen molar-refractivity contribution in [3.05, 3.63) is 71.9 Å². The van der Waals surface area contributed by atoms with Gasteiger partial charge in [0, 0.05) is 30.6 Å². The highest BCUT2D eigenvalue weighted by Crippen LogP contribution is 2.21. The van der Waals surface area contributed by atoms with E-state index >= 15 is 0 Å². The fourth-order valence-corrected chi connectivity index (χ4v) is 2.67. The third-order valence-electron chi connectivity index (χ3n) is 3.82. The van der Waals surface area contributed by atoms with Crippen LogP contribution in [0.5, 0.6) is 0 Å². The number of para-hydroxylation sites is 1. The van der Waals surface area contributed by atoms with Crippen molar-refractivity contribution >= 4 is 16.9 Å². The largest absolute Gasteiger partial charge is 0.461 e. The van der Waals surface area contributed by atoms with Crippen LogP contribution in [-0.2, 0) is 29.6 Å². The molecule has 1 aromatic heterocycles. The first kappa shape index (κ1) is 14.4. The van der Waals surface area contributed by atoms with Crippen molar-refractivity contribution in [3.63, 3.8) is 0 Å². The zero-order chi connectivity index (χ0) is 15.4. The average molecular weight is 293 g/mol. The Morgan fingerprint density at radius 2 is 1.77 bits per heavy atom. The molecule has 0 amide bonds. The first-order valence-corrected chi connectivity index (χ1v) is 7.46. The molecule has 0 bridgehead atoms. The number of carbonyl (C=O) groups is 1. The van der Waals surface area contributed by atoms with Gasteiger partial charge in [0.2, 0.25) is 0 Å². The number of ether oxygens (including phenoxy) is 1. The standard InChI is InChI=1S/C19H19NO2/c1-20-13-16(17-9-5-6-10-18(17)20)11-12-19(21)22-14-15-7-3-2-4-8-15/h2-10,13H,11-12,14H2,1H3. The average Bonchev–Trinajstić information content (AvgIpc) is 2.89. The molecule has 0 radical (unpaired) electrons. The molecule has 0 aliphatic heterocycles. The lowest BCUT2D eigenvalue weighted by Gasteiger charge is -2.04. The molecule has 0 unspecified atom stereocenters. The Morgan fingerprint density at radius 3 is 2.59 bits per heavy atom. The molecule has 1 heterocycles. The van der Waals surface area contributed by atoms with Crippen molar-refractivity contribution in [1.29, 1.82) is 0 Å². The number of rotatable bonds is 5. The number of fused-ring (bicyclic) bond motifs is 1. The number of carbonyl (C=O) groups excluding carboxylic acids is 1. The molecule has 3 aromatic rings. The minimum absolute atomic E-state index is 0.156. The van der Waals surface area contributed by atoms with Crippen molar-refractivity contribution in [1.82, 2.24) is 4.57 Å². The summed E-state index contributed by atoms with van der Waals surface area (Å²) in [5.74, 6) is -0.156. The SMILES string of the molecule is Cn1cc(CCC(=O)OCc2ccccc2)c2ccccc21. The van der Waals surface area contributed by atoms with E-state index in [2.05, 4.69) is 22.9 Å². The van der Waals surface area contributed by atoms with Gasteiger partial charge >= 0.3 is 5.97 Å².